The van der Waals surface area contributed by atoms with Crippen LogP contribution < -0.4 is 4.90 Å². The summed E-state index contributed by atoms with van der Waals surface area (Å²) in [6.45, 7) is 2.64. The number of amides is 2. The van der Waals surface area contributed by atoms with Crippen molar-refractivity contribution in [3.05, 3.63) is 77.5 Å². The van der Waals surface area contributed by atoms with Gasteiger partial charge in [0, 0.05) is 49.7 Å². The fraction of sp³-hybridized carbons (Fsp3) is 0.261. The van der Waals surface area contributed by atoms with Gasteiger partial charge in [-0.15, -0.1) is 12.6 Å². The van der Waals surface area contributed by atoms with Crippen LogP contribution in [0, 0.1) is 0 Å². The molecule has 2 aliphatic rings. The Hall–Kier alpha value is -3.21. The lowest BCUT2D eigenvalue weighted by atomic mass is 10.3. The Labute approximate surface area is 207 Å². The maximum absolute atomic E-state index is 12.8. The summed E-state index contributed by atoms with van der Waals surface area (Å²) in [5, 5.41) is 0.435. The van der Waals surface area contributed by atoms with Gasteiger partial charge in [-0.05, 0) is 31.3 Å². The fourth-order valence-corrected chi connectivity index (χ4v) is 3.75. The number of fused-ring (bicyclic) bond motifs is 1. The van der Waals surface area contributed by atoms with E-state index in [1.54, 1.807) is 17.0 Å². The van der Waals surface area contributed by atoms with E-state index < -0.39 is 18.2 Å². The van der Waals surface area contributed by atoms with E-state index >= 15 is 0 Å². The summed E-state index contributed by atoms with van der Waals surface area (Å²) < 4.78 is 5.68. The van der Waals surface area contributed by atoms with E-state index in [0.29, 0.717) is 29.6 Å². The number of anilines is 1. The van der Waals surface area contributed by atoms with Gasteiger partial charge in [0.25, 0.3) is 5.91 Å². The predicted molar refractivity (Wildman–Crippen MR) is 130 cm³/mol. The molecule has 0 unspecified atom stereocenters. The number of hydrogen-bond acceptors (Lipinski definition) is 8. The zero-order valence-electron chi connectivity index (χ0n) is 18.4. The molecule has 1 fully saturated rings. The quantitative estimate of drug-likeness (QED) is 0.540. The molecule has 176 valence electrons. The Kier molecular flexibility index (Phi) is 7.61. The summed E-state index contributed by atoms with van der Waals surface area (Å²) in [5.74, 6) is -0.121. The Morgan fingerprint density at radius 1 is 1.03 bits per heavy atom. The molecule has 0 aliphatic carbocycles. The van der Waals surface area contributed by atoms with Gasteiger partial charge in [0.2, 0.25) is 6.23 Å². The number of ether oxygens (including phenoxy) is 1. The van der Waals surface area contributed by atoms with Crippen molar-refractivity contribution in [3.63, 3.8) is 0 Å². The van der Waals surface area contributed by atoms with Gasteiger partial charge < -0.3 is 14.5 Å². The van der Waals surface area contributed by atoms with Crippen molar-refractivity contribution >= 4 is 42.0 Å². The molecule has 34 heavy (non-hydrogen) atoms. The zero-order valence-corrected chi connectivity index (χ0v) is 20.1. The topological polar surface area (TPSA) is 91.8 Å². The van der Waals surface area contributed by atoms with E-state index in [1.807, 2.05) is 37.4 Å². The fourth-order valence-electron chi connectivity index (χ4n) is 3.47. The van der Waals surface area contributed by atoms with Crippen LogP contribution in [0.1, 0.15) is 22.4 Å². The highest BCUT2D eigenvalue weighted by atomic mass is 35.5. The minimum atomic E-state index is -1.03. The first-order valence-electron chi connectivity index (χ1n) is 10.6. The number of benzene rings is 1. The molecule has 1 atom stereocenters. The third-order valence-electron chi connectivity index (χ3n) is 5.31. The number of aromatic nitrogens is 3. The maximum atomic E-state index is 12.8. The molecule has 0 saturated carbocycles. The molecule has 0 bridgehead atoms. The lowest BCUT2D eigenvalue weighted by molar-refractivity contribution is 0.0476. The molecule has 9 nitrogen and oxygen atoms in total. The number of thiol groups is 1. The molecule has 2 aliphatic heterocycles. The van der Waals surface area contributed by atoms with Crippen molar-refractivity contribution in [2.45, 2.75) is 11.1 Å². The third-order valence-corrected chi connectivity index (χ3v) is 5.83. The Bertz CT molecular complexity index is 1140. The first-order chi connectivity index (χ1) is 16.4. The van der Waals surface area contributed by atoms with Gasteiger partial charge in [-0.3, -0.25) is 9.78 Å². The highest BCUT2D eigenvalue weighted by molar-refractivity contribution is 7.80. The standard InChI is InChI=1S/C17H17ClN6O3.C6H6S/c1-22-6-8-23(9-7-22)17(26)27-16-14-13(19-4-5-20-14)15(25)24(16)12-3-2-11(18)10-21-12;7-6-4-2-1-3-5-6/h2-5,10,16H,6-9H2,1H3;1-5,7H/t16-;/m0./s1. The van der Waals surface area contributed by atoms with Crippen molar-refractivity contribution in [2.75, 3.05) is 38.1 Å². The van der Waals surface area contributed by atoms with Crippen LogP contribution in [0.25, 0.3) is 0 Å². The Morgan fingerprint density at radius 2 is 1.74 bits per heavy atom. The smallest absolute Gasteiger partial charge is 0.412 e. The molecule has 4 heterocycles. The second-order valence-electron chi connectivity index (χ2n) is 7.66. The number of rotatable bonds is 2. The first-order valence-corrected chi connectivity index (χ1v) is 11.4. The van der Waals surface area contributed by atoms with Crippen molar-refractivity contribution in [2.24, 2.45) is 0 Å². The van der Waals surface area contributed by atoms with Crippen LogP contribution in [0.3, 0.4) is 0 Å². The van der Waals surface area contributed by atoms with Crippen LogP contribution >= 0.6 is 24.2 Å². The van der Waals surface area contributed by atoms with Gasteiger partial charge >= 0.3 is 6.09 Å². The Morgan fingerprint density at radius 3 is 2.35 bits per heavy atom. The molecular formula is C23H23ClN6O3S. The van der Waals surface area contributed by atoms with Crippen LogP contribution in [-0.2, 0) is 4.74 Å². The lowest BCUT2D eigenvalue weighted by Crippen LogP contribution is -2.48. The van der Waals surface area contributed by atoms with Crippen molar-refractivity contribution < 1.29 is 14.3 Å². The molecule has 1 aromatic carbocycles. The maximum Gasteiger partial charge on any atom is 0.412 e. The first kappa shape index (κ1) is 23.9. The third kappa shape index (κ3) is 5.46. The van der Waals surface area contributed by atoms with Crippen LogP contribution in [0.4, 0.5) is 10.6 Å². The highest BCUT2D eigenvalue weighted by Crippen LogP contribution is 2.35. The molecule has 2 amide bonds. The van der Waals surface area contributed by atoms with Gasteiger partial charge in [-0.2, -0.15) is 0 Å². The molecule has 0 N–H and O–H groups in total. The van der Waals surface area contributed by atoms with Crippen LogP contribution in [0.15, 0.2) is 66.0 Å². The molecule has 1 saturated heterocycles. The number of hydrogen-bond donors (Lipinski definition) is 1. The molecule has 0 spiro atoms. The van der Waals surface area contributed by atoms with Crippen molar-refractivity contribution in [1.82, 2.24) is 24.8 Å². The highest BCUT2D eigenvalue weighted by Gasteiger charge is 2.44. The molecule has 2 aromatic heterocycles. The monoisotopic (exact) mass is 498 g/mol. The number of piperazine rings is 1. The molecular weight excluding hydrogens is 476 g/mol. The summed E-state index contributed by atoms with van der Waals surface area (Å²) in [6, 6.07) is 13.0. The van der Waals surface area contributed by atoms with E-state index in [9.17, 15) is 9.59 Å². The normalized spacial score (nSPS) is 17.6. The largest absolute Gasteiger partial charge is 0.419 e. The minimum Gasteiger partial charge on any atom is -0.419 e. The molecule has 11 heteroatoms. The van der Waals surface area contributed by atoms with Gasteiger partial charge in [-0.1, -0.05) is 29.8 Å². The molecule has 0 radical (unpaired) electrons. The number of pyridine rings is 1. The predicted octanol–water partition coefficient (Wildman–Crippen LogP) is 3.54. The number of carbonyl (C=O) groups is 2. The zero-order chi connectivity index (χ0) is 24.1. The van der Waals surface area contributed by atoms with Crippen LogP contribution in [0.2, 0.25) is 5.02 Å². The van der Waals surface area contributed by atoms with Crippen molar-refractivity contribution in [1.29, 1.82) is 0 Å². The van der Waals surface area contributed by atoms with Crippen LogP contribution in [0.5, 0.6) is 0 Å². The number of likely N-dealkylation sites (N-methyl/N-ethyl adjacent to an activating group) is 1. The second kappa shape index (κ2) is 10.8. The molecule has 5 rings (SSSR count). The molecule has 3 aromatic rings. The van der Waals surface area contributed by atoms with Gasteiger partial charge in [0.05, 0.1) is 5.02 Å². The Balaban J connectivity index is 0.000000336. The average molecular weight is 499 g/mol. The number of carbonyl (C=O) groups excluding carboxylic acids is 2. The van der Waals surface area contributed by atoms with E-state index in [4.69, 9.17) is 16.3 Å². The average Bonchev–Trinajstić information content (AvgIpc) is 3.12. The van der Waals surface area contributed by atoms with E-state index in [1.165, 1.54) is 23.5 Å². The summed E-state index contributed by atoms with van der Waals surface area (Å²) in [7, 11) is 2.00. The summed E-state index contributed by atoms with van der Waals surface area (Å²) in [4.78, 5) is 44.0. The van der Waals surface area contributed by atoms with Gasteiger partial charge in [-0.25, -0.2) is 19.7 Å². The summed E-state index contributed by atoms with van der Waals surface area (Å²) in [6.07, 6.45) is 2.78. The SMILES string of the molecule is CN1CCN(C(=O)O[C@H]2c3nccnc3C(=O)N2c2ccc(Cl)cn2)CC1.Sc1ccccc1. The number of halogens is 1. The van der Waals surface area contributed by atoms with Crippen molar-refractivity contribution in [3.8, 4) is 0 Å². The second-order valence-corrected chi connectivity index (χ2v) is 8.61. The summed E-state index contributed by atoms with van der Waals surface area (Å²) in [5.41, 5.74) is 0.437. The van der Waals surface area contributed by atoms with E-state index in [-0.39, 0.29) is 5.69 Å². The summed E-state index contributed by atoms with van der Waals surface area (Å²) >= 11 is 9.98. The van der Waals surface area contributed by atoms with Crippen LogP contribution in [-0.4, -0.2) is 70.0 Å². The van der Waals surface area contributed by atoms with Gasteiger partial charge in [0.15, 0.2) is 5.69 Å². The lowest BCUT2D eigenvalue weighted by Gasteiger charge is -2.33. The number of nitrogens with zero attached hydrogens (tertiary/aromatic N) is 6. The van der Waals surface area contributed by atoms with Gasteiger partial charge in [0.1, 0.15) is 11.5 Å². The van der Waals surface area contributed by atoms with E-state index in [0.717, 1.165) is 18.0 Å². The van der Waals surface area contributed by atoms with E-state index in [2.05, 4.69) is 32.5 Å². The minimum absolute atomic E-state index is 0.144.